The summed E-state index contributed by atoms with van der Waals surface area (Å²) in [5, 5.41) is 3.05. The van der Waals surface area contributed by atoms with Crippen molar-refractivity contribution < 1.29 is 4.79 Å². The van der Waals surface area contributed by atoms with Crippen LogP contribution in [0.25, 0.3) is 0 Å². The molecule has 1 aromatic heterocycles. The minimum atomic E-state index is 0.223. The third kappa shape index (κ3) is 3.79. The second kappa shape index (κ2) is 6.13. The maximum atomic E-state index is 11.7. The van der Waals surface area contributed by atoms with Crippen LogP contribution in [0.1, 0.15) is 19.3 Å². The standard InChI is InChI=1S/C11H15IN4O/c12-9-7-14-11(15-8-9)13-4-3-10(17)16-5-1-2-6-16/h7-8H,1-6H2,(H,13,14,15). The van der Waals surface area contributed by atoms with Gasteiger partial charge < -0.3 is 10.2 Å². The number of hydrogen-bond acceptors (Lipinski definition) is 4. The topological polar surface area (TPSA) is 58.1 Å². The summed E-state index contributed by atoms with van der Waals surface area (Å²) < 4.78 is 1.00. The highest BCUT2D eigenvalue weighted by Crippen LogP contribution is 2.09. The zero-order chi connectivity index (χ0) is 12.1. The Morgan fingerprint density at radius 1 is 1.35 bits per heavy atom. The predicted octanol–water partition coefficient (Wildman–Crippen LogP) is 1.51. The van der Waals surface area contributed by atoms with E-state index in [1.165, 1.54) is 0 Å². The molecule has 1 saturated heterocycles. The molecule has 0 aliphatic carbocycles. The number of hydrogen-bond donors (Lipinski definition) is 1. The smallest absolute Gasteiger partial charge is 0.224 e. The molecule has 1 aliphatic rings. The van der Waals surface area contributed by atoms with Crippen molar-refractivity contribution in [1.29, 1.82) is 0 Å². The quantitative estimate of drug-likeness (QED) is 0.840. The zero-order valence-corrected chi connectivity index (χ0v) is 11.7. The van der Waals surface area contributed by atoms with Gasteiger partial charge in [-0.2, -0.15) is 0 Å². The van der Waals surface area contributed by atoms with Gasteiger partial charge in [0.15, 0.2) is 0 Å². The van der Waals surface area contributed by atoms with E-state index in [-0.39, 0.29) is 5.91 Å². The van der Waals surface area contributed by atoms with Gasteiger partial charge in [0.25, 0.3) is 0 Å². The molecule has 17 heavy (non-hydrogen) atoms. The van der Waals surface area contributed by atoms with Gasteiger partial charge in [0.05, 0.1) is 0 Å². The third-order valence-corrected chi connectivity index (χ3v) is 3.26. The number of carbonyl (C=O) groups is 1. The van der Waals surface area contributed by atoms with E-state index in [0.29, 0.717) is 18.9 Å². The molecular formula is C11H15IN4O. The van der Waals surface area contributed by atoms with E-state index >= 15 is 0 Å². The number of likely N-dealkylation sites (tertiary alicyclic amines) is 1. The first-order valence-electron chi connectivity index (χ1n) is 5.75. The van der Waals surface area contributed by atoms with E-state index in [2.05, 4.69) is 37.9 Å². The van der Waals surface area contributed by atoms with Gasteiger partial charge in [-0.1, -0.05) is 0 Å². The van der Waals surface area contributed by atoms with E-state index in [0.717, 1.165) is 29.5 Å². The monoisotopic (exact) mass is 346 g/mol. The second-order valence-corrected chi connectivity index (χ2v) is 5.24. The number of halogens is 1. The molecule has 92 valence electrons. The SMILES string of the molecule is O=C(CCNc1ncc(I)cn1)N1CCCC1. The van der Waals surface area contributed by atoms with Crippen LogP contribution in [0.2, 0.25) is 0 Å². The third-order valence-electron chi connectivity index (χ3n) is 2.70. The minimum absolute atomic E-state index is 0.223. The Bertz CT molecular complexity index is 376. The number of nitrogens with zero attached hydrogens (tertiary/aromatic N) is 3. The van der Waals surface area contributed by atoms with Crippen molar-refractivity contribution >= 4 is 34.4 Å². The van der Waals surface area contributed by atoms with Gasteiger partial charge in [-0.05, 0) is 35.4 Å². The number of carbonyl (C=O) groups excluding carboxylic acids is 1. The highest BCUT2D eigenvalue weighted by molar-refractivity contribution is 14.1. The summed E-state index contributed by atoms with van der Waals surface area (Å²) >= 11 is 2.16. The zero-order valence-electron chi connectivity index (χ0n) is 9.53. The molecule has 1 aromatic rings. The van der Waals surface area contributed by atoms with Crippen LogP contribution in [0.15, 0.2) is 12.4 Å². The Labute approximate surface area is 114 Å². The van der Waals surface area contributed by atoms with Crippen molar-refractivity contribution in [2.24, 2.45) is 0 Å². The van der Waals surface area contributed by atoms with Crippen LogP contribution in [0.4, 0.5) is 5.95 Å². The van der Waals surface area contributed by atoms with Crippen LogP contribution in [0, 0.1) is 3.57 Å². The molecule has 1 fully saturated rings. The number of aromatic nitrogens is 2. The van der Waals surface area contributed by atoms with Crippen LogP contribution in [0.5, 0.6) is 0 Å². The van der Waals surface area contributed by atoms with Crippen molar-refractivity contribution in [3.63, 3.8) is 0 Å². The van der Waals surface area contributed by atoms with Gasteiger partial charge >= 0.3 is 0 Å². The first-order valence-corrected chi connectivity index (χ1v) is 6.83. The average Bonchev–Trinajstić information content (AvgIpc) is 2.85. The molecule has 0 aromatic carbocycles. The van der Waals surface area contributed by atoms with E-state index in [1.54, 1.807) is 12.4 Å². The molecule has 0 atom stereocenters. The lowest BCUT2D eigenvalue weighted by atomic mass is 10.3. The summed E-state index contributed by atoms with van der Waals surface area (Å²) in [5.74, 6) is 0.806. The molecule has 1 amide bonds. The van der Waals surface area contributed by atoms with E-state index in [4.69, 9.17) is 0 Å². The van der Waals surface area contributed by atoms with E-state index in [1.807, 2.05) is 4.90 Å². The molecule has 0 radical (unpaired) electrons. The van der Waals surface area contributed by atoms with Crippen molar-refractivity contribution in [2.75, 3.05) is 25.0 Å². The molecule has 0 bridgehead atoms. The fraction of sp³-hybridized carbons (Fsp3) is 0.545. The van der Waals surface area contributed by atoms with E-state index < -0.39 is 0 Å². The Morgan fingerprint density at radius 3 is 2.65 bits per heavy atom. The molecular weight excluding hydrogens is 331 g/mol. The second-order valence-electron chi connectivity index (χ2n) is 3.99. The van der Waals surface area contributed by atoms with Crippen molar-refractivity contribution in [3.05, 3.63) is 16.0 Å². The Kier molecular flexibility index (Phi) is 4.52. The highest BCUT2D eigenvalue weighted by Gasteiger charge is 2.16. The first kappa shape index (κ1) is 12.5. The summed E-state index contributed by atoms with van der Waals surface area (Å²) in [4.78, 5) is 21.9. The molecule has 1 aliphatic heterocycles. The summed E-state index contributed by atoms with van der Waals surface area (Å²) in [6.45, 7) is 2.42. The van der Waals surface area contributed by atoms with Crippen molar-refractivity contribution in [1.82, 2.24) is 14.9 Å². The summed E-state index contributed by atoms with van der Waals surface area (Å²) in [6, 6.07) is 0. The normalized spacial score (nSPS) is 15.0. The summed E-state index contributed by atoms with van der Waals surface area (Å²) in [6.07, 6.45) is 6.28. The summed E-state index contributed by atoms with van der Waals surface area (Å²) in [5.41, 5.74) is 0. The largest absolute Gasteiger partial charge is 0.354 e. The van der Waals surface area contributed by atoms with Gasteiger partial charge in [0, 0.05) is 42.0 Å². The fourth-order valence-corrected chi connectivity index (χ4v) is 2.09. The van der Waals surface area contributed by atoms with Gasteiger partial charge in [-0.15, -0.1) is 0 Å². The Morgan fingerprint density at radius 2 is 2.00 bits per heavy atom. The molecule has 5 nitrogen and oxygen atoms in total. The van der Waals surface area contributed by atoms with Crippen LogP contribution < -0.4 is 5.32 Å². The number of rotatable bonds is 4. The maximum absolute atomic E-state index is 11.7. The number of amides is 1. The Hall–Kier alpha value is -0.920. The summed E-state index contributed by atoms with van der Waals surface area (Å²) in [7, 11) is 0. The average molecular weight is 346 g/mol. The lowest BCUT2D eigenvalue weighted by Gasteiger charge is -2.15. The van der Waals surface area contributed by atoms with Crippen LogP contribution >= 0.6 is 22.6 Å². The van der Waals surface area contributed by atoms with Crippen molar-refractivity contribution in [2.45, 2.75) is 19.3 Å². The number of nitrogens with one attached hydrogen (secondary N) is 1. The molecule has 0 saturated carbocycles. The van der Waals surface area contributed by atoms with Crippen LogP contribution in [-0.2, 0) is 4.79 Å². The van der Waals surface area contributed by atoms with Gasteiger partial charge in [0.2, 0.25) is 11.9 Å². The maximum Gasteiger partial charge on any atom is 0.224 e. The molecule has 0 spiro atoms. The highest BCUT2D eigenvalue weighted by atomic mass is 127. The molecule has 2 heterocycles. The lowest BCUT2D eigenvalue weighted by Crippen LogP contribution is -2.29. The van der Waals surface area contributed by atoms with Gasteiger partial charge in [0.1, 0.15) is 0 Å². The van der Waals surface area contributed by atoms with Gasteiger partial charge in [-0.3, -0.25) is 4.79 Å². The molecule has 2 rings (SSSR count). The van der Waals surface area contributed by atoms with Gasteiger partial charge in [-0.25, -0.2) is 9.97 Å². The molecule has 0 unspecified atom stereocenters. The lowest BCUT2D eigenvalue weighted by molar-refractivity contribution is -0.129. The molecule has 1 N–H and O–H groups in total. The molecule has 6 heteroatoms. The first-order chi connectivity index (χ1) is 8.25. The predicted molar refractivity (Wildman–Crippen MR) is 73.7 cm³/mol. The Balaban J connectivity index is 1.72. The van der Waals surface area contributed by atoms with Crippen LogP contribution in [-0.4, -0.2) is 40.4 Å². The van der Waals surface area contributed by atoms with Crippen molar-refractivity contribution in [3.8, 4) is 0 Å². The number of anilines is 1. The van der Waals surface area contributed by atoms with Crippen LogP contribution in [0.3, 0.4) is 0 Å². The van der Waals surface area contributed by atoms with E-state index in [9.17, 15) is 4.79 Å². The fourth-order valence-electron chi connectivity index (χ4n) is 1.81. The minimum Gasteiger partial charge on any atom is -0.354 e.